The summed E-state index contributed by atoms with van der Waals surface area (Å²) in [5, 5.41) is 8.07. The van der Waals surface area contributed by atoms with Crippen LogP contribution in [0.1, 0.15) is 21.9 Å². The first kappa shape index (κ1) is 21.1. The highest BCUT2D eigenvalue weighted by atomic mass is 35.5. The van der Waals surface area contributed by atoms with Crippen molar-refractivity contribution >= 4 is 41.4 Å². The highest BCUT2D eigenvalue weighted by Crippen LogP contribution is 2.17. The van der Waals surface area contributed by atoms with Crippen molar-refractivity contribution < 1.29 is 14.0 Å². The standard InChI is InChI=1S/C17H20FN5O2S.ClH/c18-11-1-3-12(4-2-11)20-17(25)21-13-6-8-23(9-13)16(24)14-10-26-15(22-14)5-7-19;/h1-4,10,13H,5-9,19H2,(H2,20,21,25);1H. The normalized spacial score (nSPS) is 15.9. The van der Waals surface area contributed by atoms with Gasteiger partial charge in [-0.05, 0) is 37.2 Å². The van der Waals surface area contributed by atoms with Gasteiger partial charge in [-0.15, -0.1) is 23.7 Å². The third-order valence-electron chi connectivity index (χ3n) is 4.04. The second-order valence-corrected chi connectivity index (χ2v) is 6.95. The van der Waals surface area contributed by atoms with Crippen LogP contribution in [0.25, 0.3) is 0 Å². The van der Waals surface area contributed by atoms with E-state index in [1.807, 2.05) is 0 Å². The van der Waals surface area contributed by atoms with E-state index in [0.29, 0.717) is 43.9 Å². The highest BCUT2D eigenvalue weighted by Gasteiger charge is 2.29. The average Bonchev–Trinajstić information content (AvgIpc) is 3.26. The van der Waals surface area contributed by atoms with E-state index in [4.69, 9.17) is 5.73 Å². The zero-order valence-corrected chi connectivity index (χ0v) is 16.1. The number of amides is 3. The fraction of sp³-hybridized carbons (Fsp3) is 0.353. The summed E-state index contributed by atoms with van der Waals surface area (Å²) in [5.41, 5.74) is 6.43. The van der Waals surface area contributed by atoms with E-state index in [0.717, 1.165) is 5.01 Å². The number of nitrogens with one attached hydrogen (secondary N) is 2. The summed E-state index contributed by atoms with van der Waals surface area (Å²) >= 11 is 1.43. The van der Waals surface area contributed by atoms with Gasteiger partial charge in [-0.3, -0.25) is 4.79 Å². The minimum absolute atomic E-state index is 0. The maximum atomic E-state index is 12.9. The minimum Gasteiger partial charge on any atom is -0.335 e. The smallest absolute Gasteiger partial charge is 0.319 e. The molecular weight excluding hydrogens is 393 g/mol. The van der Waals surface area contributed by atoms with Gasteiger partial charge in [0.25, 0.3) is 5.91 Å². The highest BCUT2D eigenvalue weighted by molar-refractivity contribution is 7.09. The number of thiazole rings is 1. The molecule has 7 nitrogen and oxygen atoms in total. The fourth-order valence-corrected chi connectivity index (χ4v) is 3.55. The van der Waals surface area contributed by atoms with E-state index in [-0.39, 0.29) is 36.2 Å². The van der Waals surface area contributed by atoms with E-state index in [1.165, 1.54) is 35.6 Å². The van der Waals surface area contributed by atoms with Gasteiger partial charge in [0, 0.05) is 36.6 Å². The van der Waals surface area contributed by atoms with Crippen LogP contribution in [0.4, 0.5) is 14.9 Å². The number of carbonyl (C=O) groups excluding carboxylic acids is 2. The molecule has 146 valence electrons. The number of carbonyl (C=O) groups is 2. The number of rotatable bonds is 5. The molecule has 0 spiro atoms. The van der Waals surface area contributed by atoms with Gasteiger partial charge in [0.05, 0.1) is 5.01 Å². The van der Waals surface area contributed by atoms with Gasteiger partial charge in [0.15, 0.2) is 0 Å². The maximum Gasteiger partial charge on any atom is 0.319 e. The van der Waals surface area contributed by atoms with Crippen LogP contribution >= 0.6 is 23.7 Å². The van der Waals surface area contributed by atoms with Crippen LogP contribution in [-0.4, -0.2) is 47.5 Å². The largest absolute Gasteiger partial charge is 0.335 e. The number of urea groups is 1. The van der Waals surface area contributed by atoms with Crippen LogP contribution in [0.5, 0.6) is 0 Å². The Morgan fingerprint density at radius 1 is 1.33 bits per heavy atom. The predicted octanol–water partition coefficient (Wildman–Crippen LogP) is 2.24. The molecule has 1 saturated heterocycles. The van der Waals surface area contributed by atoms with Crippen LogP contribution in [0, 0.1) is 5.82 Å². The molecule has 1 aromatic carbocycles. The van der Waals surface area contributed by atoms with Crippen molar-refractivity contribution in [2.24, 2.45) is 5.73 Å². The van der Waals surface area contributed by atoms with E-state index in [1.54, 1.807) is 10.3 Å². The van der Waals surface area contributed by atoms with E-state index >= 15 is 0 Å². The lowest BCUT2D eigenvalue weighted by Gasteiger charge is -2.16. The Hall–Kier alpha value is -2.23. The van der Waals surface area contributed by atoms with Crippen LogP contribution in [-0.2, 0) is 6.42 Å². The topological polar surface area (TPSA) is 100 Å². The number of anilines is 1. The van der Waals surface area contributed by atoms with Crippen LogP contribution in [0.2, 0.25) is 0 Å². The molecule has 1 fully saturated rings. The molecule has 3 amide bonds. The Morgan fingerprint density at radius 2 is 2.07 bits per heavy atom. The lowest BCUT2D eigenvalue weighted by Crippen LogP contribution is -2.40. The van der Waals surface area contributed by atoms with Crippen LogP contribution in [0.15, 0.2) is 29.6 Å². The van der Waals surface area contributed by atoms with Gasteiger partial charge in [0.2, 0.25) is 0 Å². The third kappa shape index (κ3) is 5.62. The zero-order valence-electron chi connectivity index (χ0n) is 14.5. The molecule has 0 bridgehead atoms. The molecule has 27 heavy (non-hydrogen) atoms. The molecule has 0 saturated carbocycles. The number of benzene rings is 1. The molecule has 1 unspecified atom stereocenters. The number of hydrogen-bond donors (Lipinski definition) is 3. The average molecular weight is 414 g/mol. The molecule has 2 aromatic rings. The molecule has 4 N–H and O–H groups in total. The molecule has 3 rings (SSSR count). The molecule has 0 radical (unpaired) electrons. The van der Waals surface area contributed by atoms with E-state index < -0.39 is 0 Å². The molecule has 2 heterocycles. The van der Waals surface area contributed by atoms with E-state index in [9.17, 15) is 14.0 Å². The SMILES string of the molecule is Cl.NCCc1nc(C(=O)N2CCC(NC(=O)Nc3ccc(F)cc3)C2)cs1. The monoisotopic (exact) mass is 413 g/mol. The Balaban J connectivity index is 0.00000261. The molecule has 0 aliphatic carbocycles. The summed E-state index contributed by atoms with van der Waals surface area (Å²) in [6, 6.07) is 5.01. The number of nitrogens with two attached hydrogens (primary N) is 1. The van der Waals surface area contributed by atoms with Gasteiger partial charge in [-0.2, -0.15) is 0 Å². The Kier molecular flexibility index (Phi) is 7.52. The third-order valence-corrected chi connectivity index (χ3v) is 4.95. The zero-order chi connectivity index (χ0) is 18.5. The first-order chi connectivity index (χ1) is 12.5. The lowest BCUT2D eigenvalue weighted by atomic mass is 10.2. The van der Waals surface area contributed by atoms with Crippen LogP contribution in [0.3, 0.4) is 0 Å². The Morgan fingerprint density at radius 3 is 2.78 bits per heavy atom. The summed E-state index contributed by atoms with van der Waals surface area (Å²) in [4.78, 5) is 30.5. The number of likely N-dealkylation sites (tertiary alicyclic amines) is 1. The summed E-state index contributed by atoms with van der Waals surface area (Å²) in [5.74, 6) is -0.495. The van der Waals surface area contributed by atoms with E-state index in [2.05, 4.69) is 15.6 Å². The van der Waals surface area contributed by atoms with Crippen molar-refractivity contribution in [3.05, 3.63) is 46.2 Å². The molecule has 1 aliphatic heterocycles. The molecule has 1 aromatic heterocycles. The molecular formula is C17H21ClFN5O2S. The number of aromatic nitrogens is 1. The second-order valence-electron chi connectivity index (χ2n) is 6.01. The number of nitrogens with zero attached hydrogens (tertiary/aromatic N) is 2. The minimum atomic E-state index is -0.380. The van der Waals surface area contributed by atoms with Crippen molar-refractivity contribution in [2.45, 2.75) is 18.9 Å². The van der Waals surface area contributed by atoms with Crippen molar-refractivity contribution in [2.75, 3.05) is 25.0 Å². The van der Waals surface area contributed by atoms with Crippen molar-refractivity contribution in [3.63, 3.8) is 0 Å². The first-order valence-electron chi connectivity index (χ1n) is 8.32. The summed E-state index contributed by atoms with van der Waals surface area (Å²) in [6.07, 6.45) is 1.33. The first-order valence-corrected chi connectivity index (χ1v) is 9.20. The van der Waals surface area contributed by atoms with Gasteiger partial charge in [0.1, 0.15) is 11.5 Å². The molecule has 1 aliphatic rings. The summed E-state index contributed by atoms with van der Waals surface area (Å²) in [7, 11) is 0. The second kappa shape index (κ2) is 9.63. The number of hydrogen-bond acceptors (Lipinski definition) is 5. The quantitative estimate of drug-likeness (QED) is 0.699. The lowest BCUT2D eigenvalue weighted by molar-refractivity contribution is 0.0784. The predicted molar refractivity (Wildman–Crippen MR) is 105 cm³/mol. The fourth-order valence-electron chi connectivity index (χ4n) is 2.76. The molecule has 10 heteroatoms. The van der Waals surface area contributed by atoms with Gasteiger partial charge in [-0.1, -0.05) is 0 Å². The van der Waals surface area contributed by atoms with Gasteiger partial charge >= 0.3 is 6.03 Å². The Labute approximate surface area is 166 Å². The number of halogens is 2. The molecule has 1 atom stereocenters. The van der Waals surface area contributed by atoms with Gasteiger partial charge < -0.3 is 21.3 Å². The summed E-state index contributed by atoms with van der Waals surface area (Å²) < 4.78 is 12.9. The van der Waals surface area contributed by atoms with Crippen molar-refractivity contribution in [1.29, 1.82) is 0 Å². The summed E-state index contributed by atoms with van der Waals surface area (Å²) in [6.45, 7) is 1.49. The Bertz CT molecular complexity index is 786. The van der Waals surface area contributed by atoms with Gasteiger partial charge in [-0.25, -0.2) is 14.2 Å². The van der Waals surface area contributed by atoms with Crippen molar-refractivity contribution in [3.8, 4) is 0 Å². The van der Waals surface area contributed by atoms with Crippen molar-refractivity contribution in [1.82, 2.24) is 15.2 Å². The maximum absolute atomic E-state index is 12.9. The van der Waals surface area contributed by atoms with Crippen LogP contribution < -0.4 is 16.4 Å².